The molecule has 7 nitrogen and oxygen atoms in total. The van der Waals surface area contributed by atoms with Crippen molar-refractivity contribution in [3.05, 3.63) is 67.6 Å². The van der Waals surface area contributed by atoms with Crippen LogP contribution in [0, 0.1) is 3.57 Å². The Bertz CT molecular complexity index is 953. The van der Waals surface area contributed by atoms with Gasteiger partial charge in [-0.05, 0) is 63.3 Å². The van der Waals surface area contributed by atoms with Crippen LogP contribution in [0.25, 0.3) is 5.69 Å². The first kappa shape index (κ1) is 16.7. The normalized spacial score (nSPS) is 10.6. The molecule has 0 aliphatic rings. The molecule has 0 fully saturated rings. The van der Waals surface area contributed by atoms with Crippen LogP contribution in [0.15, 0.2) is 53.3 Å². The van der Waals surface area contributed by atoms with Gasteiger partial charge >= 0.3 is 5.69 Å². The van der Waals surface area contributed by atoms with Gasteiger partial charge in [0.2, 0.25) is 5.91 Å². The van der Waals surface area contributed by atoms with Crippen LogP contribution in [0.2, 0.25) is 5.02 Å². The summed E-state index contributed by atoms with van der Waals surface area (Å²) in [5, 5.41) is 10.6. The number of aromatic nitrogens is 4. The molecule has 122 valence electrons. The third kappa shape index (κ3) is 3.65. The topological polar surface area (TPSA) is 81.8 Å². The number of hydrogen-bond acceptors (Lipinski definition) is 4. The maximum atomic E-state index is 12.3. The number of anilines is 1. The van der Waals surface area contributed by atoms with Crippen molar-refractivity contribution in [2.24, 2.45) is 0 Å². The predicted molar refractivity (Wildman–Crippen MR) is 98.4 cm³/mol. The zero-order chi connectivity index (χ0) is 17.1. The molecule has 1 N–H and O–H groups in total. The minimum absolute atomic E-state index is 0.241. The van der Waals surface area contributed by atoms with Crippen LogP contribution >= 0.6 is 34.2 Å². The average Bonchev–Trinajstić information content (AvgIpc) is 2.89. The van der Waals surface area contributed by atoms with Gasteiger partial charge in [-0.2, -0.15) is 9.36 Å². The molecule has 0 saturated heterocycles. The van der Waals surface area contributed by atoms with Gasteiger partial charge in [0.25, 0.3) is 0 Å². The van der Waals surface area contributed by atoms with Gasteiger partial charge in [0.05, 0.1) is 10.7 Å². The Morgan fingerprint density at radius 3 is 2.71 bits per heavy atom. The number of rotatable bonds is 4. The van der Waals surface area contributed by atoms with Crippen LogP contribution < -0.4 is 11.0 Å². The van der Waals surface area contributed by atoms with E-state index in [1.807, 2.05) is 18.2 Å². The van der Waals surface area contributed by atoms with Gasteiger partial charge in [-0.1, -0.05) is 29.8 Å². The van der Waals surface area contributed by atoms with Crippen molar-refractivity contribution in [3.63, 3.8) is 0 Å². The number of hydrogen-bond donors (Lipinski definition) is 1. The highest BCUT2D eigenvalue weighted by Crippen LogP contribution is 2.16. The van der Waals surface area contributed by atoms with Gasteiger partial charge in [-0.15, -0.1) is 0 Å². The summed E-state index contributed by atoms with van der Waals surface area (Å²) in [5.74, 6) is -0.370. The fourth-order valence-electron chi connectivity index (χ4n) is 2.05. The Kier molecular flexibility index (Phi) is 4.95. The fourth-order valence-corrected chi connectivity index (χ4v) is 2.81. The quantitative estimate of drug-likeness (QED) is 0.612. The second-order valence-corrected chi connectivity index (χ2v) is 6.49. The number of nitrogens with one attached hydrogen (secondary N) is 1. The summed E-state index contributed by atoms with van der Waals surface area (Å²) in [7, 11) is 0. The van der Waals surface area contributed by atoms with E-state index in [4.69, 9.17) is 11.6 Å². The van der Waals surface area contributed by atoms with Crippen LogP contribution in [-0.4, -0.2) is 25.7 Å². The number of halogens is 2. The second kappa shape index (κ2) is 7.14. The smallest absolute Gasteiger partial charge is 0.324 e. The van der Waals surface area contributed by atoms with E-state index in [-0.39, 0.29) is 12.5 Å². The van der Waals surface area contributed by atoms with Crippen LogP contribution in [0.1, 0.15) is 0 Å². The summed E-state index contributed by atoms with van der Waals surface area (Å²) in [6.07, 6.45) is 0. The summed E-state index contributed by atoms with van der Waals surface area (Å²) >= 11 is 8.20. The van der Waals surface area contributed by atoms with Crippen LogP contribution in [-0.2, 0) is 11.3 Å². The molecular formula is C15H11ClIN5O2. The lowest BCUT2D eigenvalue weighted by Crippen LogP contribution is -2.29. The number of para-hydroxylation sites is 1. The van der Waals surface area contributed by atoms with Crippen molar-refractivity contribution in [1.29, 1.82) is 0 Å². The summed E-state index contributed by atoms with van der Waals surface area (Å²) < 4.78 is 3.03. The van der Waals surface area contributed by atoms with Crippen molar-refractivity contribution < 1.29 is 4.79 Å². The predicted octanol–water partition coefficient (Wildman–Crippen LogP) is 2.33. The van der Waals surface area contributed by atoms with E-state index < -0.39 is 5.69 Å². The number of benzene rings is 2. The molecule has 0 atom stereocenters. The Labute approximate surface area is 155 Å². The molecule has 1 aromatic heterocycles. The molecular weight excluding hydrogens is 445 g/mol. The second-order valence-electron chi connectivity index (χ2n) is 4.84. The maximum Gasteiger partial charge on any atom is 0.369 e. The fraction of sp³-hybridized carbons (Fsp3) is 0.0667. The first-order valence-corrected chi connectivity index (χ1v) is 8.33. The van der Waals surface area contributed by atoms with E-state index >= 15 is 0 Å². The molecule has 0 aliphatic heterocycles. The van der Waals surface area contributed by atoms with Gasteiger partial charge in [-0.3, -0.25) is 4.79 Å². The molecule has 0 unspecified atom stereocenters. The highest BCUT2D eigenvalue weighted by atomic mass is 127. The highest BCUT2D eigenvalue weighted by molar-refractivity contribution is 14.1. The summed E-state index contributed by atoms with van der Waals surface area (Å²) in [6, 6.07) is 14.1. The molecule has 3 aromatic rings. The molecule has 0 spiro atoms. The number of nitrogens with zero attached hydrogens (tertiary/aromatic N) is 4. The van der Waals surface area contributed by atoms with Crippen molar-refractivity contribution in [1.82, 2.24) is 19.8 Å². The number of carbonyl (C=O) groups is 1. The van der Waals surface area contributed by atoms with E-state index in [0.717, 1.165) is 12.9 Å². The molecule has 24 heavy (non-hydrogen) atoms. The summed E-state index contributed by atoms with van der Waals surface area (Å²) in [6.45, 7) is -0.241. The molecule has 0 bridgehead atoms. The third-order valence-corrected chi connectivity index (χ3v) is 4.11. The molecule has 2 aromatic carbocycles. The van der Waals surface area contributed by atoms with Crippen molar-refractivity contribution in [2.45, 2.75) is 6.54 Å². The molecule has 0 aliphatic carbocycles. The Hall–Kier alpha value is -2.20. The molecule has 9 heteroatoms. The third-order valence-electron chi connectivity index (χ3n) is 3.12. The van der Waals surface area contributed by atoms with Gasteiger partial charge in [0.15, 0.2) is 0 Å². The standard InChI is InChI=1S/C15H11ClIN5O2/c16-12-6-1-2-7-13(12)22-15(24)21(19-20-22)9-14(23)18-11-5-3-4-10(17)8-11/h1-8H,9H2,(H,18,23). The molecule has 0 saturated carbocycles. The molecule has 3 rings (SSSR count). The van der Waals surface area contributed by atoms with Crippen molar-refractivity contribution in [3.8, 4) is 5.69 Å². The van der Waals surface area contributed by atoms with E-state index in [2.05, 4.69) is 38.3 Å². The number of carbonyl (C=O) groups excluding carboxylic acids is 1. The SMILES string of the molecule is O=C(Cn1nnn(-c2ccccc2Cl)c1=O)Nc1cccc(I)c1. The zero-order valence-electron chi connectivity index (χ0n) is 12.2. The first-order chi connectivity index (χ1) is 11.5. The van der Waals surface area contributed by atoms with Gasteiger partial charge in [0, 0.05) is 9.26 Å². The summed E-state index contributed by atoms with van der Waals surface area (Å²) in [4.78, 5) is 24.4. The molecule has 1 heterocycles. The van der Waals surface area contributed by atoms with Gasteiger partial charge < -0.3 is 5.32 Å². The number of tetrazole rings is 1. The van der Waals surface area contributed by atoms with Crippen LogP contribution in [0.5, 0.6) is 0 Å². The summed E-state index contributed by atoms with van der Waals surface area (Å²) in [5.41, 5.74) is 0.521. The van der Waals surface area contributed by atoms with E-state index in [0.29, 0.717) is 16.4 Å². The van der Waals surface area contributed by atoms with E-state index in [1.54, 1.807) is 30.3 Å². The highest BCUT2D eigenvalue weighted by Gasteiger charge is 2.14. The monoisotopic (exact) mass is 455 g/mol. The Morgan fingerprint density at radius 2 is 1.96 bits per heavy atom. The van der Waals surface area contributed by atoms with Crippen molar-refractivity contribution in [2.75, 3.05) is 5.32 Å². The van der Waals surface area contributed by atoms with Crippen LogP contribution in [0.3, 0.4) is 0 Å². The minimum Gasteiger partial charge on any atom is -0.324 e. The van der Waals surface area contributed by atoms with E-state index in [1.165, 1.54) is 0 Å². The maximum absolute atomic E-state index is 12.3. The van der Waals surface area contributed by atoms with E-state index in [9.17, 15) is 9.59 Å². The van der Waals surface area contributed by atoms with Crippen molar-refractivity contribution >= 4 is 45.8 Å². The van der Waals surface area contributed by atoms with Gasteiger partial charge in [-0.25, -0.2) is 4.79 Å². The zero-order valence-corrected chi connectivity index (χ0v) is 15.1. The van der Waals surface area contributed by atoms with Gasteiger partial charge in [0.1, 0.15) is 6.54 Å². The Balaban J connectivity index is 1.78. The van der Waals surface area contributed by atoms with Crippen LogP contribution in [0.4, 0.5) is 5.69 Å². The minimum atomic E-state index is -0.541. The Morgan fingerprint density at radius 1 is 1.17 bits per heavy atom. The molecule has 1 amide bonds. The lowest BCUT2D eigenvalue weighted by atomic mass is 10.3. The first-order valence-electron chi connectivity index (χ1n) is 6.88. The largest absolute Gasteiger partial charge is 0.369 e. The lowest BCUT2D eigenvalue weighted by molar-refractivity contribution is -0.117. The average molecular weight is 456 g/mol. The lowest BCUT2D eigenvalue weighted by Gasteiger charge is -2.04. The molecule has 0 radical (unpaired) electrons. The number of amides is 1.